The summed E-state index contributed by atoms with van der Waals surface area (Å²) in [5, 5.41) is 9.26. The first-order valence-corrected chi connectivity index (χ1v) is 5.59. The van der Waals surface area contributed by atoms with Gasteiger partial charge in [-0.2, -0.15) is 0 Å². The van der Waals surface area contributed by atoms with Gasteiger partial charge >= 0.3 is 0 Å². The van der Waals surface area contributed by atoms with Crippen LogP contribution in [0.25, 0.3) is 0 Å². The smallest absolute Gasteiger partial charge is 0.258 e. The third-order valence-corrected chi connectivity index (χ3v) is 2.52. The Bertz CT molecular complexity index is 481. The molecule has 5 nitrogen and oxygen atoms in total. The highest BCUT2D eigenvalue weighted by atomic mass is 35.5. The first kappa shape index (κ1) is 17.2. The van der Waals surface area contributed by atoms with E-state index in [0.717, 1.165) is 5.56 Å². The number of methoxy groups -OCH3 is 1. The summed E-state index contributed by atoms with van der Waals surface area (Å²) in [5.74, 6) is -0.140. The van der Waals surface area contributed by atoms with E-state index >= 15 is 0 Å². The summed E-state index contributed by atoms with van der Waals surface area (Å²) in [4.78, 5) is 11.7. The number of guanidine groups is 1. The lowest BCUT2D eigenvalue weighted by atomic mass is 9.86. The zero-order chi connectivity index (χ0) is 13.9. The Labute approximate surface area is 119 Å². The molecule has 0 spiro atoms. The number of rotatable bonds is 2. The lowest BCUT2D eigenvalue weighted by molar-refractivity contribution is 0.0976. The summed E-state index contributed by atoms with van der Waals surface area (Å²) in [6.07, 6.45) is 0. The third-order valence-electron chi connectivity index (χ3n) is 2.52. The minimum absolute atomic E-state index is 0. The average Bonchev–Trinajstić information content (AvgIpc) is 2.26. The molecule has 6 heteroatoms. The number of halogens is 1. The summed E-state index contributed by atoms with van der Waals surface area (Å²) in [6.45, 7) is 6.21. The second-order valence-electron chi connectivity index (χ2n) is 5.03. The van der Waals surface area contributed by atoms with Gasteiger partial charge in [-0.1, -0.05) is 26.8 Å². The summed E-state index contributed by atoms with van der Waals surface area (Å²) < 4.78 is 5.30. The molecule has 0 fully saturated rings. The zero-order valence-electron chi connectivity index (χ0n) is 11.5. The molecule has 1 aromatic carbocycles. The highest BCUT2D eigenvalue weighted by Gasteiger charge is 2.20. The van der Waals surface area contributed by atoms with Crippen LogP contribution >= 0.6 is 12.4 Å². The van der Waals surface area contributed by atoms with Crippen LogP contribution in [-0.2, 0) is 5.41 Å². The second kappa shape index (κ2) is 6.43. The minimum atomic E-state index is -0.416. The van der Waals surface area contributed by atoms with Gasteiger partial charge in [0.05, 0.1) is 7.11 Å². The lowest BCUT2D eigenvalue weighted by Crippen LogP contribution is -2.35. The Kier molecular flexibility index (Phi) is 5.83. The Morgan fingerprint density at radius 2 is 1.95 bits per heavy atom. The first-order valence-electron chi connectivity index (χ1n) is 5.59. The standard InChI is InChI=1S/C13H19N3O2.ClH/c1-13(2,3)9-6-5-8(7-10(9)18-4)11(17)16-12(14)15;/h5-7H,1-4H3,(H4,14,15,16,17);1H. The van der Waals surface area contributed by atoms with Crippen molar-refractivity contribution in [3.63, 3.8) is 0 Å². The third kappa shape index (κ3) is 4.44. The van der Waals surface area contributed by atoms with Gasteiger partial charge in [-0.3, -0.25) is 15.5 Å². The molecule has 1 amide bonds. The Morgan fingerprint density at radius 1 is 1.37 bits per heavy atom. The number of carbonyl (C=O) groups excluding carboxylic acids is 1. The molecule has 4 N–H and O–H groups in total. The van der Waals surface area contributed by atoms with Crippen molar-refractivity contribution in [1.82, 2.24) is 5.32 Å². The number of hydrogen-bond donors (Lipinski definition) is 3. The van der Waals surface area contributed by atoms with Crippen molar-refractivity contribution in [3.8, 4) is 5.75 Å². The quantitative estimate of drug-likeness (QED) is 0.574. The van der Waals surface area contributed by atoms with Crippen molar-refractivity contribution in [1.29, 1.82) is 5.41 Å². The molecule has 1 aromatic rings. The fourth-order valence-corrected chi connectivity index (χ4v) is 1.65. The molecule has 0 bridgehead atoms. The molecule has 0 saturated carbocycles. The predicted molar refractivity (Wildman–Crippen MR) is 78.3 cm³/mol. The average molecular weight is 286 g/mol. The molecule has 0 aliphatic carbocycles. The molecule has 0 unspecified atom stereocenters. The van der Waals surface area contributed by atoms with Crippen LogP contribution in [0.5, 0.6) is 5.75 Å². The van der Waals surface area contributed by atoms with Crippen molar-refractivity contribution in [2.75, 3.05) is 7.11 Å². The number of benzene rings is 1. The Hall–Kier alpha value is -1.75. The highest BCUT2D eigenvalue weighted by Crippen LogP contribution is 2.31. The summed E-state index contributed by atoms with van der Waals surface area (Å²) in [7, 11) is 1.57. The normalized spacial score (nSPS) is 10.3. The van der Waals surface area contributed by atoms with Crippen LogP contribution in [0.15, 0.2) is 18.2 Å². The van der Waals surface area contributed by atoms with Crippen molar-refractivity contribution in [2.24, 2.45) is 5.73 Å². The van der Waals surface area contributed by atoms with E-state index in [1.54, 1.807) is 19.2 Å². The molecule has 0 aromatic heterocycles. The maximum Gasteiger partial charge on any atom is 0.258 e. The SMILES string of the molecule is COc1cc(C(=O)NC(=N)N)ccc1C(C)(C)C.Cl. The van der Waals surface area contributed by atoms with Gasteiger partial charge in [0.2, 0.25) is 0 Å². The van der Waals surface area contributed by atoms with E-state index in [0.29, 0.717) is 11.3 Å². The van der Waals surface area contributed by atoms with Gasteiger partial charge in [-0.25, -0.2) is 0 Å². The van der Waals surface area contributed by atoms with E-state index in [-0.39, 0.29) is 23.8 Å². The van der Waals surface area contributed by atoms with Crippen LogP contribution in [-0.4, -0.2) is 19.0 Å². The highest BCUT2D eigenvalue weighted by molar-refractivity contribution is 6.04. The molecule has 0 atom stereocenters. The number of hydrogen-bond acceptors (Lipinski definition) is 3. The van der Waals surface area contributed by atoms with Gasteiger partial charge in [0.25, 0.3) is 5.91 Å². The van der Waals surface area contributed by atoms with Crippen molar-refractivity contribution in [3.05, 3.63) is 29.3 Å². The molecule has 0 aliphatic rings. The van der Waals surface area contributed by atoms with E-state index in [9.17, 15) is 4.79 Å². The van der Waals surface area contributed by atoms with Crippen LogP contribution < -0.4 is 15.8 Å². The zero-order valence-corrected chi connectivity index (χ0v) is 12.4. The number of ether oxygens (including phenoxy) is 1. The van der Waals surface area contributed by atoms with E-state index in [2.05, 4.69) is 26.1 Å². The van der Waals surface area contributed by atoms with Crippen molar-refractivity contribution in [2.45, 2.75) is 26.2 Å². The number of nitrogens with one attached hydrogen (secondary N) is 2. The van der Waals surface area contributed by atoms with Crippen molar-refractivity contribution >= 4 is 24.3 Å². The molecular formula is C13H20ClN3O2. The fraction of sp³-hybridized carbons (Fsp3) is 0.385. The topological polar surface area (TPSA) is 88.2 Å². The molecular weight excluding hydrogens is 266 g/mol. The summed E-state index contributed by atoms with van der Waals surface area (Å²) in [5.41, 5.74) is 6.48. The van der Waals surface area contributed by atoms with E-state index in [1.807, 2.05) is 6.07 Å². The van der Waals surface area contributed by atoms with Crippen molar-refractivity contribution < 1.29 is 9.53 Å². The van der Waals surface area contributed by atoms with Gasteiger partial charge in [0.15, 0.2) is 5.96 Å². The Morgan fingerprint density at radius 3 is 2.37 bits per heavy atom. The summed E-state index contributed by atoms with van der Waals surface area (Å²) >= 11 is 0. The molecule has 106 valence electrons. The van der Waals surface area contributed by atoms with E-state index < -0.39 is 5.91 Å². The molecule has 1 rings (SSSR count). The van der Waals surface area contributed by atoms with Crippen LogP contribution in [0, 0.1) is 5.41 Å². The monoisotopic (exact) mass is 285 g/mol. The number of nitrogens with two attached hydrogens (primary N) is 1. The fourth-order valence-electron chi connectivity index (χ4n) is 1.65. The van der Waals surface area contributed by atoms with Gasteiger partial charge in [-0.05, 0) is 23.1 Å². The Balaban J connectivity index is 0.00000324. The maximum atomic E-state index is 11.7. The van der Waals surface area contributed by atoms with Crippen LogP contribution in [0.1, 0.15) is 36.7 Å². The molecule has 0 aliphatic heterocycles. The lowest BCUT2D eigenvalue weighted by Gasteiger charge is -2.22. The van der Waals surface area contributed by atoms with Crippen LogP contribution in [0.4, 0.5) is 0 Å². The first-order chi connectivity index (χ1) is 8.25. The minimum Gasteiger partial charge on any atom is -0.496 e. The van der Waals surface area contributed by atoms with E-state index in [1.165, 1.54) is 0 Å². The van der Waals surface area contributed by atoms with Gasteiger partial charge in [-0.15, -0.1) is 12.4 Å². The van der Waals surface area contributed by atoms with Crippen LogP contribution in [0.2, 0.25) is 0 Å². The van der Waals surface area contributed by atoms with Crippen LogP contribution in [0.3, 0.4) is 0 Å². The molecule has 0 radical (unpaired) electrons. The molecule has 0 heterocycles. The van der Waals surface area contributed by atoms with Gasteiger partial charge in [0.1, 0.15) is 5.75 Å². The molecule has 19 heavy (non-hydrogen) atoms. The number of amides is 1. The summed E-state index contributed by atoms with van der Waals surface area (Å²) in [6, 6.07) is 5.20. The van der Waals surface area contributed by atoms with Gasteiger partial charge in [0, 0.05) is 5.56 Å². The predicted octanol–water partition coefficient (Wildman–Crippen LogP) is 2.04. The van der Waals surface area contributed by atoms with E-state index in [4.69, 9.17) is 15.9 Å². The molecule has 0 saturated heterocycles. The number of carbonyl (C=O) groups is 1. The maximum absolute atomic E-state index is 11.7. The second-order valence-corrected chi connectivity index (χ2v) is 5.03. The largest absolute Gasteiger partial charge is 0.496 e. The van der Waals surface area contributed by atoms with Gasteiger partial charge < -0.3 is 10.5 Å².